The van der Waals surface area contributed by atoms with Crippen molar-refractivity contribution >= 4 is 55.0 Å². The van der Waals surface area contributed by atoms with E-state index in [9.17, 15) is 4.79 Å². The van der Waals surface area contributed by atoms with E-state index < -0.39 is 0 Å². The molecule has 4 heterocycles. The molecule has 0 amide bonds. The Hall–Kier alpha value is -3.29. The standard InChI is InChI=1S/C21H11N3O2S2/c25-20-18(28-21-23-13-5-1-3-7-15(13)24(20)21)11-12-9-10-16(26-12)19-22-14-6-2-4-8-17(14)27-19/h1-11H. The number of aromatic nitrogens is 3. The monoisotopic (exact) mass is 401 g/mol. The second kappa shape index (κ2) is 5.85. The van der Waals surface area contributed by atoms with Crippen molar-refractivity contribution in [3.8, 4) is 10.8 Å². The number of benzene rings is 2. The van der Waals surface area contributed by atoms with Gasteiger partial charge in [0, 0.05) is 6.08 Å². The first-order valence-electron chi connectivity index (χ1n) is 8.64. The fourth-order valence-corrected chi connectivity index (χ4v) is 5.16. The van der Waals surface area contributed by atoms with Gasteiger partial charge in [-0.05, 0) is 36.4 Å². The third-order valence-corrected chi connectivity index (χ3v) is 6.57. The van der Waals surface area contributed by atoms with E-state index in [1.807, 2.05) is 60.7 Å². The van der Waals surface area contributed by atoms with E-state index in [-0.39, 0.29) is 5.56 Å². The van der Waals surface area contributed by atoms with E-state index >= 15 is 0 Å². The van der Waals surface area contributed by atoms with Crippen LogP contribution in [0.2, 0.25) is 0 Å². The van der Waals surface area contributed by atoms with Gasteiger partial charge in [-0.25, -0.2) is 14.4 Å². The number of thiazole rings is 2. The molecule has 134 valence electrons. The molecule has 0 aliphatic rings. The van der Waals surface area contributed by atoms with E-state index in [4.69, 9.17) is 4.42 Å². The Kier molecular flexibility index (Phi) is 3.29. The Balaban J connectivity index is 1.46. The highest BCUT2D eigenvalue weighted by molar-refractivity contribution is 7.21. The molecule has 28 heavy (non-hydrogen) atoms. The van der Waals surface area contributed by atoms with Crippen LogP contribution in [-0.2, 0) is 0 Å². The van der Waals surface area contributed by atoms with E-state index in [1.165, 1.54) is 11.3 Å². The molecule has 0 aliphatic heterocycles. The lowest BCUT2D eigenvalue weighted by Gasteiger charge is -1.88. The molecule has 0 N–H and O–H groups in total. The number of rotatable bonds is 2. The molecule has 0 spiro atoms. The van der Waals surface area contributed by atoms with Crippen molar-refractivity contribution in [1.82, 2.24) is 14.4 Å². The average Bonchev–Trinajstić information content (AvgIpc) is 3.46. The zero-order chi connectivity index (χ0) is 18.7. The Morgan fingerprint density at radius 2 is 1.71 bits per heavy atom. The summed E-state index contributed by atoms with van der Waals surface area (Å²) in [5.74, 6) is 1.33. The van der Waals surface area contributed by atoms with Gasteiger partial charge in [-0.3, -0.25) is 4.79 Å². The van der Waals surface area contributed by atoms with Crippen molar-refractivity contribution in [3.63, 3.8) is 0 Å². The van der Waals surface area contributed by atoms with Gasteiger partial charge >= 0.3 is 0 Å². The molecule has 4 aromatic heterocycles. The number of nitrogens with zero attached hydrogens (tertiary/aromatic N) is 3. The fraction of sp³-hybridized carbons (Fsp3) is 0. The number of para-hydroxylation sites is 3. The molecule has 0 saturated heterocycles. The van der Waals surface area contributed by atoms with Crippen molar-refractivity contribution in [1.29, 1.82) is 0 Å². The Labute approximate surface area is 165 Å². The SMILES string of the molecule is O=c1c(=Cc2ccc(-c3nc4ccccc4s3)o2)sc2nc3ccccc3n12. The first kappa shape index (κ1) is 15.7. The second-order valence-corrected chi connectivity index (χ2v) is 8.36. The minimum Gasteiger partial charge on any atom is -0.454 e. The Bertz CT molecular complexity index is 1570. The predicted octanol–water partition coefficient (Wildman–Crippen LogP) is 4.33. The van der Waals surface area contributed by atoms with Crippen LogP contribution in [0.5, 0.6) is 0 Å². The molecule has 0 aliphatic carbocycles. The van der Waals surface area contributed by atoms with E-state index in [0.29, 0.717) is 21.0 Å². The highest BCUT2D eigenvalue weighted by Crippen LogP contribution is 2.31. The van der Waals surface area contributed by atoms with Gasteiger partial charge in [-0.2, -0.15) is 0 Å². The smallest absolute Gasteiger partial charge is 0.275 e. The average molecular weight is 401 g/mol. The molecule has 0 fully saturated rings. The summed E-state index contributed by atoms with van der Waals surface area (Å²) in [6.07, 6.45) is 1.77. The molecule has 6 rings (SSSR count). The maximum Gasteiger partial charge on any atom is 0.275 e. The lowest BCUT2D eigenvalue weighted by Crippen LogP contribution is -2.22. The van der Waals surface area contributed by atoms with Crippen LogP contribution >= 0.6 is 22.7 Å². The molecule has 0 saturated carbocycles. The normalized spacial score (nSPS) is 12.6. The summed E-state index contributed by atoms with van der Waals surface area (Å²) in [5.41, 5.74) is 2.53. The molecular formula is C21H11N3O2S2. The maximum atomic E-state index is 12.9. The van der Waals surface area contributed by atoms with E-state index in [0.717, 1.165) is 26.3 Å². The number of hydrogen-bond acceptors (Lipinski definition) is 6. The molecule has 0 bridgehead atoms. The molecule has 0 unspecified atom stereocenters. The third-order valence-electron chi connectivity index (χ3n) is 4.55. The highest BCUT2D eigenvalue weighted by Gasteiger charge is 2.12. The highest BCUT2D eigenvalue weighted by atomic mass is 32.1. The van der Waals surface area contributed by atoms with Gasteiger partial charge in [-0.15, -0.1) is 11.3 Å². The summed E-state index contributed by atoms with van der Waals surface area (Å²) in [5, 5.41) is 0.829. The zero-order valence-electron chi connectivity index (χ0n) is 14.3. The van der Waals surface area contributed by atoms with Gasteiger partial charge in [0.2, 0.25) is 0 Å². The Morgan fingerprint density at radius 1 is 0.893 bits per heavy atom. The van der Waals surface area contributed by atoms with Gasteiger partial charge in [0.05, 0.1) is 21.3 Å². The summed E-state index contributed by atoms with van der Waals surface area (Å²) < 4.78 is 9.32. The van der Waals surface area contributed by atoms with Crippen LogP contribution in [0.15, 0.2) is 69.9 Å². The van der Waals surface area contributed by atoms with Gasteiger partial charge in [0.15, 0.2) is 15.7 Å². The van der Waals surface area contributed by atoms with Crippen LogP contribution in [0.1, 0.15) is 5.76 Å². The zero-order valence-corrected chi connectivity index (χ0v) is 16.0. The van der Waals surface area contributed by atoms with Crippen molar-refractivity contribution in [2.75, 3.05) is 0 Å². The van der Waals surface area contributed by atoms with Crippen LogP contribution in [0, 0.1) is 0 Å². The molecule has 0 atom stereocenters. The summed E-state index contributed by atoms with van der Waals surface area (Å²) in [7, 11) is 0. The van der Waals surface area contributed by atoms with Crippen LogP contribution in [-0.4, -0.2) is 14.4 Å². The number of fused-ring (bicyclic) bond motifs is 4. The summed E-state index contributed by atoms with van der Waals surface area (Å²) in [6.45, 7) is 0. The molecule has 5 nitrogen and oxygen atoms in total. The molecular weight excluding hydrogens is 390 g/mol. The lowest BCUT2D eigenvalue weighted by molar-refractivity contribution is 0.571. The van der Waals surface area contributed by atoms with E-state index in [2.05, 4.69) is 9.97 Å². The fourth-order valence-electron chi connectivity index (χ4n) is 3.26. The van der Waals surface area contributed by atoms with Crippen molar-refractivity contribution in [2.45, 2.75) is 0 Å². The number of hydrogen-bond donors (Lipinski definition) is 0. The topological polar surface area (TPSA) is 60.4 Å². The van der Waals surface area contributed by atoms with Crippen LogP contribution < -0.4 is 10.1 Å². The van der Waals surface area contributed by atoms with Crippen LogP contribution in [0.25, 0.3) is 43.1 Å². The maximum absolute atomic E-state index is 12.9. The first-order valence-corrected chi connectivity index (χ1v) is 10.3. The van der Waals surface area contributed by atoms with Gasteiger partial charge < -0.3 is 4.42 Å². The van der Waals surface area contributed by atoms with Crippen molar-refractivity contribution in [2.24, 2.45) is 0 Å². The molecule has 7 heteroatoms. The summed E-state index contributed by atoms with van der Waals surface area (Å²) in [6, 6.07) is 19.4. The van der Waals surface area contributed by atoms with Gasteiger partial charge in [-0.1, -0.05) is 35.6 Å². The largest absolute Gasteiger partial charge is 0.454 e. The lowest BCUT2D eigenvalue weighted by atomic mass is 10.3. The molecule has 0 radical (unpaired) electrons. The predicted molar refractivity (Wildman–Crippen MR) is 113 cm³/mol. The first-order chi connectivity index (χ1) is 13.8. The third kappa shape index (κ3) is 2.33. The second-order valence-electron chi connectivity index (χ2n) is 6.32. The Morgan fingerprint density at radius 3 is 2.61 bits per heavy atom. The van der Waals surface area contributed by atoms with Crippen LogP contribution in [0.3, 0.4) is 0 Å². The summed E-state index contributed by atoms with van der Waals surface area (Å²) >= 11 is 2.95. The molecule has 6 aromatic rings. The minimum absolute atomic E-state index is 0.0772. The van der Waals surface area contributed by atoms with E-state index in [1.54, 1.807) is 21.8 Å². The van der Waals surface area contributed by atoms with Gasteiger partial charge in [0.25, 0.3) is 5.56 Å². The molecule has 2 aromatic carbocycles. The minimum atomic E-state index is -0.0772. The van der Waals surface area contributed by atoms with Gasteiger partial charge in [0.1, 0.15) is 10.3 Å². The van der Waals surface area contributed by atoms with Crippen LogP contribution in [0.4, 0.5) is 0 Å². The summed E-state index contributed by atoms with van der Waals surface area (Å²) in [4.78, 5) is 22.7. The van der Waals surface area contributed by atoms with Crippen molar-refractivity contribution in [3.05, 3.63) is 81.3 Å². The number of imidazole rings is 1. The quantitative estimate of drug-likeness (QED) is 0.433. The number of furan rings is 1. The van der Waals surface area contributed by atoms with Crippen molar-refractivity contribution < 1.29 is 4.42 Å².